The van der Waals surface area contributed by atoms with Gasteiger partial charge >= 0.3 is 0 Å². The van der Waals surface area contributed by atoms with Crippen molar-refractivity contribution >= 4 is 11.6 Å². The van der Waals surface area contributed by atoms with Gasteiger partial charge in [-0.05, 0) is 31.0 Å². The number of nitrogens with zero attached hydrogens (tertiary/aromatic N) is 6. The number of aromatic nitrogens is 4. The lowest BCUT2D eigenvalue weighted by Gasteiger charge is -2.36. The van der Waals surface area contributed by atoms with Crippen molar-refractivity contribution in [2.24, 2.45) is 0 Å². The molecule has 4 rings (SSSR count). The molecule has 25 heavy (non-hydrogen) atoms. The van der Waals surface area contributed by atoms with E-state index in [0.717, 1.165) is 50.7 Å². The van der Waals surface area contributed by atoms with Gasteiger partial charge in [-0.1, -0.05) is 12.1 Å². The third kappa shape index (κ3) is 3.46. The Bertz CT molecular complexity index is 852. The molecule has 2 aromatic heterocycles. The summed E-state index contributed by atoms with van der Waals surface area (Å²) in [6.45, 7) is 6.87. The van der Waals surface area contributed by atoms with Crippen molar-refractivity contribution in [1.82, 2.24) is 24.5 Å². The highest BCUT2D eigenvalue weighted by Crippen LogP contribution is 2.18. The van der Waals surface area contributed by atoms with Gasteiger partial charge in [0.05, 0.1) is 0 Å². The maximum absolute atomic E-state index is 13.0. The molecule has 3 aromatic rings. The number of piperazine rings is 1. The van der Waals surface area contributed by atoms with Gasteiger partial charge in [-0.3, -0.25) is 4.90 Å². The van der Waals surface area contributed by atoms with Crippen molar-refractivity contribution < 1.29 is 4.39 Å². The van der Waals surface area contributed by atoms with Gasteiger partial charge in [-0.15, -0.1) is 0 Å². The van der Waals surface area contributed by atoms with Crippen LogP contribution in [-0.2, 0) is 6.42 Å². The summed E-state index contributed by atoms with van der Waals surface area (Å²) in [4.78, 5) is 13.4. The van der Waals surface area contributed by atoms with E-state index in [-0.39, 0.29) is 5.82 Å². The summed E-state index contributed by atoms with van der Waals surface area (Å²) in [5, 5.41) is 4.29. The molecule has 130 valence electrons. The third-order valence-corrected chi connectivity index (χ3v) is 4.69. The Balaban J connectivity index is 1.38. The quantitative estimate of drug-likeness (QED) is 0.726. The highest BCUT2D eigenvalue weighted by molar-refractivity contribution is 5.47. The Hall–Kier alpha value is -2.54. The molecule has 0 unspecified atom stereocenters. The number of halogens is 1. The number of hydrogen-bond donors (Lipinski definition) is 0. The van der Waals surface area contributed by atoms with E-state index in [1.54, 1.807) is 10.8 Å². The second-order valence-corrected chi connectivity index (χ2v) is 6.43. The maximum Gasteiger partial charge on any atom is 0.254 e. The van der Waals surface area contributed by atoms with Crippen LogP contribution in [0.4, 0.5) is 10.2 Å². The van der Waals surface area contributed by atoms with E-state index in [2.05, 4.69) is 30.9 Å². The molecule has 0 spiro atoms. The van der Waals surface area contributed by atoms with Crippen molar-refractivity contribution in [3.05, 3.63) is 53.7 Å². The van der Waals surface area contributed by atoms with Crippen LogP contribution in [-0.4, -0.2) is 57.2 Å². The third-order valence-electron chi connectivity index (χ3n) is 4.69. The number of aryl methyl sites for hydroxylation is 1. The molecule has 0 amide bonds. The fourth-order valence-corrected chi connectivity index (χ4v) is 3.28. The van der Waals surface area contributed by atoms with Crippen LogP contribution in [0, 0.1) is 12.7 Å². The summed E-state index contributed by atoms with van der Waals surface area (Å²) < 4.78 is 14.8. The van der Waals surface area contributed by atoms with Gasteiger partial charge in [0.2, 0.25) is 0 Å². The molecule has 0 radical (unpaired) electrons. The average Bonchev–Trinajstić information content (AvgIpc) is 3.09. The van der Waals surface area contributed by atoms with Gasteiger partial charge in [-0.2, -0.15) is 14.6 Å². The van der Waals surface area contributed by atoms with E-state index in [0.29, 0.717) is 5.78 Å². The van der Waals surface area contributed by atoms with Crippen molar-refractivity contribution in [2.45, 2.75) is 13.3 Å². The first kappa shape index (κ1) is 16.0. The molecule has 1 saturated heterocycles. The minimum atomic E-state index is -0.176. The smallest absolute Gasteiger partial charge is 0.254 e. The standard InChI is InChI=1S/C18H21FN6/c1-14-12-17(25-18(22-14)20-13-21-25)24-10-8-23(9-11-24)7-6-15-2-4-16(19)5-3-15/h2-5,12-13H,6-11H2,1H3. The van der Waals surface area contributed by atoms with Gasteiger partial charge in [0.1, 0.15) is 18.0 Å². The lowest BCUT2D eigenvalue weighted by Crippen LogP contribution is -2.47. The Morgan fingerprint density at radius 3 is 2.60 bits per heavy atom. The second kappa shape index (κ2) is 6.76. The Morgan fingerprint density at radius 2 is 1.84 bits per heavy atom. The Morgan fingerprint density at radius 1 is 1.08 bits per heavy atom. The average molecular weight is 340 g/mol. The summed E-state index contributed by atoms with van der Waals surface area (Å²) in [5.74, 6) is 1.52. The molecule has 6 nitrogen and oxygen atoms in total. The molecular weight excluding hydrogens is 319 g/mol. The van der Waals surface area contributed by atoms with Gasteiger partial charge in [0.25, 0.3) is 5.78 Å². The van der Waals surface area contributed by atoms with E-state index in [9.17, 15) is 4.39 Å². The highest BCUT2D eigenvalue weighted by atomic mass is 19.1. The predicted octanol–water partition coefficient (Wildman–Crippen LogP) is 1.94. The minimum absolute atomic E-state index is 0.176. The fourth-order valence-electron chi connectivity index (χ4n) is 3.28. The van der Waals surface area contributed by atoms with Crippen molar-refractivity contribution in [3.8, 4) is 0 Å². The van der Waals surface area contributed by atoms with Crippen molar-refractivity contribution in [2.75, 3.05) is 37.6 Å². The van der Waals surface area contributed by atoms with Crippen LogP contribution in [0.5, 0.6) is 0 Å². The van der Waals surface area contributed by atoms with Crippen LogP contribution in [0.15, 0.2) is 36.7 Å². The van der Waals surface area contributed by atoms with Crippen LogP contribution in [0.25, 0.3) is 5.78 Å². The second-order valence-electron chi connectivity index (χ2n) is 6.43. The van der Waals surface area contributed by atoms with Gasteiger partial charge in [0.15, 0.2) is 0 Å². The number of anilines is 1. The predicted molar refractivity (Wildman–Crippen MR) is 94.3 cm³/mol. The van der Waals surface area contributed by atoms with Crippen LogP contribution in [0.3, 0.4) is 0 Å². The summed E-state index contributed by atoms with van der Waals surface area (Å²) in [6, 6.07) is 8.86. The zero-order chi connectivity index (χ0) is 17.2. The van der Waals surface area contributed by atoms with E-state index >= 15 is 0 Å². The van der Waals surface area contributed by atoms with Crippen molar-refractivity contribution in [1.29, 1.82) is 0 Å². The lowest BCUT2D eigenvalue weighted by atomic mass is 10.1. The number of benzene rings is 1. The van der Waals surface area contributed by atoms with E-state index in [4.69, 9.17) is 0 Å². The van der Waals surface area contributed by atoms with E-state index in [1.807, 2.05) is 19.1 Å². The van der Waals surface area contributed by atoms with Gasteiger partial charge in [0, 0.05) is 44.5 Å². The first-order chi connectivity index (χ1) is 12.2. The normalized spacial score (nSPS) is 15.8. The summed E-state index contributed by atoms with van der Waals surface area (Å²) in [5.41, 5.74) is 2.13. The summed E-state index contributed by atoms with van der Waals surface area (Å²) >= 11 is 0. The highest BCUT2D eigenvalue weighted by Gasteiger charge is 2.20. The zero-order valence-electron chi connectivity index (χ0n) is 14.3. The molecule has 0 atom stereocenters. The first-order valence-corrected chi connectivity index (χ1v) is 8.58. The summed E-state index contributed by atoms with van der Waals surface area (Å²) in [6.07, 6.45) is 2.49. The van der Waals surface area contributed by atoms with Crippen LogP contribution in [0.2, 0.25) is 0 Å². The largest absolute Gasteiger partial charge is 0.354 e. The molecule has 0 N–H and O–H groups in total. The number of hydrogen-bond acceptors (Lipinski definition) is 5. The first-order valence-electron chi connectivity index (χ1n) is 8.58. The molecule has 7 heteroatoms. The topological polar surface area (TPSA) is 49.6 Å². The Labute approximate surface area is 145 Å². The molecule has 1 aliphatic rings. The van der Waals surface area contributed by atoms with E-state index < -0.39 is 0 Å². The SMILES string of the molecule is Cc1cc(N2CCN(CCc3ccc(F)cc3)CC2)n2ncnc2n1. The number of rotatable bonds is 4. The molecule has 0 bridgehead atoms. The molecule has 1 aliphatic heterocycles. The summed E-state index contributed by atoms with van der Waals surface area (Å²) in [7, 11) is 0. The molecule has 0 saturated carbocycles. The van der Waals surface area contributed by atoms with E-state index in [1.165, 1.54) is 17.7 Å². The van der Waals surface area contributed by atoms with Crippen LogP contribution in [0.1, 0.15) is 11.3 Å². The molecular formula is C18H21FN6. The van der Waals surface area contributed by atoms with Gasteiger partial charge < -0.3 is 4.90 Å². The fraction of sp³-hybridized carbons (Fsp3) is 0.389. The van der Waals surface area contributed by atoms with Crippen LogP contribution >= 0.6 is 0 Å². The van der Waals surface area contributed by atoms with Gasteiger partial charge in [-0.25, -0.2) is 9.37 Å². The molecule has 1 fully saturated rings. The molecule has 3 heterocycles. The minimum Gasteiger partial charge on any atom is -0.354 e. The lowest BCUT2D eigenvalue weighted by molar-refractivity contribution is 0.260. The number of fused-ring (bicyclic) bond motifs is 1. The monoisotopic (exact) mass is 340 g/mol. The maximum atomic E-state index is 13.0. The zero-order valence-corrected chi connectivity index (χ0v) is 14.3. The van der Waals surface area contributed by atoms with Crippen molar-refractivity contribution in [3.63, 3.8) is 0 Å². The molecule has 0 aliphatic carbocycles. The molecule has 1 aromatic carbocycles. The van der Waals surface area contributed by atoms with Crippen LogP contribution < -0.4 is 4.90 Å². The Kier molecular flexibility index (Phi) is 4.31.